The monoisotopic (exact) mass is 1190 g/mol. The molecular weight excluding hydrogens is 1150 g/mol. The molecule has 8 rings (SSSR count). The summed E-state index contributed by atoms with van der Waals surface area (Å²) in [6, 6.07) is 11.8. The molecule has 4 aliphatic rings. The van der Waals surface area contributed by atoms with Gasteiger partial charge in [-0.25, -0.2) is 8.78 Å². The Labute approximate surface area is 465 Å². The summed E-state index contributed by atoms with van der Waals surface area (Å²) in [6.45, 7) is 1.73. The topological polar surface area (TPSA) is 110 Å². The fraction of sp³-hybridized carbons (Fsp3) is 0.340. The van der Waals surface area contributed by atoms with Crippen LogP contribution in [0, 0.1) is 11.6 Å². The molecular formula is C47H34Cl4F15N2NaO7. The molecule has 0 bridgehead atoms. The average Bonchev–Trinajstić information content (AvgIpc) is 3.85. The molecule has 2 saturated heterocycles. The molecule has 4 aromatic rings. The van der Waals surface area contributed by atoms with Crippen LogP contribution in [0.5, 0.6) is 0 Å². The number of ketones is 3. The average molecular weight is 1190 g/mol. The van der Waals surface area contributed by atoms with E-state index in [-0.39, 0.29) is 75.1 Å². The number of halogens is 19. The number of allylic oxidation sites excluding steroid dienone is 2. The van der Waals surface area contributed by atoms with Gasteiger partial charge in [-0.05, 0) is 77.2 Å². The summed E-state index contributed by atoms with van der Waals surface area (Å²) in [5.41, 5.74) is -1.37. The first-order valence-corrected chi connectivity index (χ1v) is 22.3. The third-order valence-corrected chi connectivity index (χ3v) is 12.6. The van der Waals surface area contributed by atoms with Gasteiger partial charge in [-0.3, -0.25) is 28.4 Å². The van der Waals surface area contributed by atoms with E-state index in [1.54, 1.807) is 18.2 Å². The Morgan fingerprint density at radius 1 is 0.605 bits per heavy atom. The maximum atomic E-state index is 13.7. The van der Waals surface area contributed by atoms with E-state index in [0.717, 1.165) is 20.9 Å². The van der Waals surface area contributed by atoms with Crippen molar-refractivity contribution in [1.29, 1.82) is 0 Å². The van der Waals surface area contributed by atoms with Gasteiger partial charge in [-0.2, -0.15) is 52.7 Å². The number of alkyl halides is 13. The van der Waals surface area contributed by atoms with Gasteiger partial charge in [0, 0.05) is 16.7 Å². The van der Waals surface area contributed by atoms with Gasteiger partial charge >= 0.3 is 54.3 Å². The smallest absolute Gasteiger partial charge is 1.00 e. The van der Waals surface area contributed by atoms with E-state index in [1.807, 2.05) is 0 Å². The van der Waals surface area contributed by atoms with Crippen molar-refractivity contribution in [2.75, 3.05) is 33.3 Å². The minimum Gasteiger partial charge on any atom is -1.00 e. The molecule has 408 valence electrons. The second-order valence-corrected chi connectivity index (χ2v) is 18.3. The van der Waals surface area contributed by atoms with Crippen molar-refractivity contribution in [3.8, 4) is 0 Å². The molecule has 0 atom stereocenters. The number of hydrogen-bond donors (Lipinski definition) is 0. The molecule has 2 amide bonds. The Kier molecular flexibility index (Phi) is 20.0. The van der Waals surface area contributed by atoms with Gasteiger partial charge in [0.15, 0.2) is 23.2 Å². The number of fused-ring (bicyclic) bond motifs is 4. The molecule has 0 radical (unpaired) electrons. The second-order valence-electron chi connectivity index (χ2n) is 16.7. The molecule has 0 unspecified atom stereocenters. The number of amides is 2. The Morgan fingerprint density at radius 2 is 0.961 bits per heavy atom. The number of rotatable bonds is 7. The summed E-state index contributed by atoms with van der Waals surface area (Å²) in [5.74, 6) is -7.38. The third-order valence-electron chi connectivity index (χ3n) is 11.5. The number of Topliss-reactive ketones (excluding diaryl/α,β-unsaturated/α-hetero) is 2. The summed E-state index contributed by atoms with van der Waals surface area (Å²) in [4.78, 5) is 60.3. The number of hydrogen-bond acceptors (Lipinski definition) is 7. The van der Waals surface area contributed by atoms with Crippen LogP contribution >= 0.6 is 46.4 Å². The molecule has 4 aromatic carbocycles. The number of benzene rings is 4. The summed E-state index contributed by atoms with van der Waals surface area (Å²) in [6.07, 6.45) is -21.9. The fourth-order valence-electron chi connectivity index (χ4n) is 7.96. The van der Waals surface area contributed by atoms with Gasteiger partial charge in [0.2, 0.25) is 11.8 Å². The Hall–Kier alpha value is -4.40. The van der Waals surface area contributed by atoms with Crippen LogP contribution in [0.2, 0.25) is 20.1 Å². The molecule has 0 N–H and O–H groups in total. The van der Waals surface area contributed by atoms with E-state index in [9.17, 15) is 89.8 Å². The van der Waals surface area contributed by atoms with E-state index in [0.29, 0.717) is 53.6 Å². The number of nitrogens with zero attached hydrogens (tertiary/aromatic N) is 2. The van der Waals surface area contributed by atoms with Crippen LogP contribution in [0.1, 0.15) is 81.5 Å². The molecule has 29 heteroatoms. The van der Waals surface area contributed by atoms with Crippen molar-refractivity contribution in [3.63, 3.8) is 0 Å². The van der Waals surface area contributed by atoms with Crippen molar-refractivity contribution in [2.24, 2.45) is 0 Å². The molecule has 2 fully saturated rings. The fourth-order valence-corrected chi connectivity index (χ4v) is 8.94. The summed E-state index contributed by atoms with van der Waals surface area (Å²) < 4.78 is 205. The van der Waals surface area contributed by atoms with Gasteiger partial charge < -0.3 is 20.7 Å². The zero-order valence-electron chi connectivity index (χ0n) is 40.6. The molecule has 0 saturated carbocycles. The predicted octanol–water partition coefficient (Wildman–Crippen LogP) is 10.5. The molecule has 76 heavy (non-hydrogen) atoms. The quantitative estimate of drug-likeness (QED) is 0.0596. The van der Waals surface area contributed by atoms with E-state index in [4.69, 9.17) is 57.2 Å². The van der Waals surface area contributed by atoms with Crippen molar-refractivity contribution < 1.29 is 132 Å². The van der Waals surface area contributed by atoms with Gasteiger partial charge in [-0.15, -0.1) is 0 Å². The maximum Gasteiger partial charge on any atom is 1.00 e. The van der Waals surface area contributed by atoms with Gasteiger partial charge in [0.25, 0.3) is 5.78 Å². The minimum absolute atomic E-state index is 0. The van der Waals surface area contributed by atoms with Gasteiger partial charge in [0.05, 0.1) is 73.6 Å². The molecule has 4 heterocycles. The standard InChI is InChI=1S/C23H14Cl2F7NO3.C15H14F3NO3.C8H2Cl2F4O.CH3F.Na.H/c24-16-4-12(5-17(25)20(16)26)15(23(30,31)32)6-18(34)11-1-2-14-13(3-11)8-36-21(14)9-33(10-21)19(35)7-22(27,28)29;1-9(20)10-2-3-12-11(4-10)6-22-14(12)7-19(8-14)13(21)5-15(16,17)18;9-4-1-3(2-5(10)6(4)11)7(15)8(12,13)14;1-2;;/h1-6H,7-10H2;2-4H,5-8H2,1H3;1-2H;1H3;;/q;;;;+1;-1/i;;;1D;;. The van der Waals surface area contributed by atoms with Crippen LogP contribution in [0.3, 0.4) is 0 Å². The van der Waals surface area contributed by atoms with Crippen LogP contribution in [-0.2, 0) is 43.5 Å². The molecule has 0 aromatic heterocycles. The summed E-state index contributed by atoms with van der Waals surface area (Å²) >= 11 is 21.7. The van der Waals surface area contributed by atoms with Crippen molar-refractivity contribution in [3.05, 3.63) is 143 Å². The van der Waals surface area contributed by atoms with Crippen LogP contribution in [-0.4, -0.2) is 97.0 Å². The SMILES string of the molecule is CC(=O)c1ccc2c(c1)COC21CN(C(=O)CC(F)(F)F)C1.O=C(C=C(c1cc(Cl)c(F)c(Cl)c1)C(F)(F)F)c1ccc2c(c1)COC21CN(C(=O)CC(F)(F)F)C1.O=C(c1cc(Cl)c(F)c(Cl)c1)C(F)(F)F.[2H]CF.[H-].[Na+]. The molecule has 2 spiro atoms. The number of carbonyl (C=O) groups is 5. The normalized spacial score (nSPS) is 16.2. The predicted molar refractivity (Wildman–Crippen MR) is 240 cm³/mol. The Morgan fingerprint density at radius 3 is 1.30 bits per heavy atom. The van der Waals surface area contributed by atoms with Gasteiger partial charge in [0.1, 0.15) is 24.0 Å². The first kappa shape index (κ1) is 62.4. The molecule has 0 aliphatic carbocycles. The zero-order chi connectivity index (χ0) is 57.3. The second kappa shape index (κ2) is 24.3. The first-order valence-electron chi connectivity index (χ1n) is 21.5. The van der Waals surface area contributed by atoms with Crippen molar-refractivity contribution >= 4 is 81.1 Å². The summed E-state index contributed by atoms with van der Waals surface area (Å²) in [5, 5.41) is -2.56. The van der Waals surface area contributed by atoms with E-state index >= 15 is 0 Å². The molecule has 4 aliphatic heterocycles. The molecule has 9 nitrogen and oxygen atoms in total. The zero-order valence-corrected chi connectivity index (χ0v) is 43.7. The number of ether oxygens (including phenoxy) is 2. The Balaban J connectivity index is 0.000000324. The van der Waals surface area contributed by atoms with Crippen molar-refractivity contribution in [2.45, 2.75) is 68.9 Å². The largest absolute Gasteiger partial charge is 1.00 e. The number of likely N-dealkylation sites (tertiary alicyclic amines) is 2. The first-order chi connectivity index (χ1) is 34.9. The van der Waals surface area contributed by atoms with Crippen LogP contribution in [0.25, 0.3) is 5.57 Å². The van der Waals surface area contributed by atoms with Crippen LogP contribution in [0.4, 0.5) is 65.9 Å². The third kappa shape index (κ3) is 15.0. The van der Waals surface area contributed by atoms with Gasteiger partial charge in [-0.1, -0.05) is 70.7 Å². The summed E-state index contributed by atoms with van der Waals surface area (Å²) in [7, 11) is -1.00. The maximum absolute atomic E-state index is 13.7. The van der Waals surface area contributed by atoms with Crippen LogP contribution in [0.15, 0.2) is 66.7 Å². The van der Waals surface area contributed by atoms with Crippen LogP contribution < -0.4 is 29.6 Å². The Bertz CT molecular complexity index is 2920. The minimum atomic E-state index is -5.04. The van der Waals surface area contributed by atoms with E-state index in [1.165, 1.54) is 25.1 Å². The number of carbonyl (C=O) groups excluding carboxylic acids is 5. The van der Waals surface area contributed by atoms with E-state index in [2.05, 4.69) is 0 Å². The van der Waals surface area contributed by atoms with E-state index < -0.39 is 128 Å². The van der Waals surface area contributed by atoms with Crippen molar-refractivity contribution in [1.82, 2.24) is 9.80 Å².